The summed E-state index contributed by atoms with van der Waals surface area (Å²) in [5.41, 5.74) is 6.02. The number of carbonyl (C=O) groups excluding carboxylic acids is 2. The second-order valence-corrected chi connectivity index (χ2v) is 5.65. The Morgan fingerprint density at radius 3 is 2.44 bits per heavy atom. The summed E-state index contributed by atoms with van der Waals surface area (Å²) in [4.78, 5) is 31.7. The molecule has 0 spiro atoms. The fourth-order valence-electron chi connectivity index (χ4n) is 2.23. The number of nitrogens with one attached hydrogen (secondary N) is 2. The molecule has 0 aliphatic heterocycles. The highest BCUT2D eigenvalue weighted by Gasteiger charge is 2.11. The lowest BCUT2D eigenvalue weighted by Gasteiger charge is -2.06. The van der Waals surface area contributed by atoms with E-state index in [1.54, 1.807) is 24.5 Å². The summed E-state index contributed by atoms with van der Waals surface area (Å²) in [5, 5.41) is 3.85. The van der Waals surface area contributed by atoms with Gasteiger partial charge in [-0.05, 0) is 29.8 Å². The van der Waals surface area contributed by atoms with E-state index in [4.69, 9.17) is 4.52 Å². The van der Waals surface area contributed by atoms with Crippen LogP contribution >= 0.6 is 0 Å². The van der Waals surface area contributed by atoms with Crippen LogP contribution in [0.15, 0.2) is 53.3 Å². The molecular formula is C18H16FN5O3. The number of hydrogen-bond donors (Lipinski definition) is 2. The van der Waals surface area contributed by atoms with Gasteiger partial charge in [0.25, 0.3) is 0 Å². The van der Waals surface area contributed by atoms with Crippen LogP contribution in [0.2, 0.25) is 0 Å². The lowest BCUT2D eigenvalue weighted by Crippen LogP contribution is -2.42. The van der Waals surface area contributed by atoms with Crippen LogP contribution in [0.4, 0.5) is 4.39 Å². The van der Waals surface area contributed by atoms with Crippen molar-refractivity contribution in [3.63, 3.8) is 0 Å². The average molecular weight is 369 g/mol. The monoisotopic (exact) mass is 369 g/mol. The third kappa shape index (κ3) is 5.43. The number of aryl methyl sites for hydroxylation is 1. The molecule has 2 aromatic heterocycles. The Morgan fingerprint density at radius 2 is 1.70 bits per heavy atom. The maximum atomic E-state index is 12.8. The van der Waals surface area contributed by atoms with Gasteiger partial charge in [0.2, 0.25) is 23.5 Å². The Kier molecular flexibility index (Phi) is 5.83. The lowest BCUT2D eigenvalue weighted by molar-refractivity contribution is -0.128. The number of carbonyl (C=O) groups is 2. The normalized spacial score (nSPS) is 10.4. The summed E-state index contributed by atoms with van der Waals surface area (Å²) in [5.74, 6) is -0.450. The van der Waals surface area contributed by atoms with Gasteiger partial charge in [-0.15, -0.1) is 0 Å². The van der Waals surface area contributed by atoms with Crippen LogP contribution in [-0.4, -0.2) is 26.9 Å². The van der Waals surface area contributed by atoms with Crippen molar-refractivity contribution in [3.8, 4) is 11.4 Å². The third-order valence-electron chi connectivity index (χ3n) is 3.59. The molecule has 138 valence electrons. The average Bonchev–Trinajstić information content (AvgIpc) is 3.16. The van der Waals surface area contributed by atoms with Gasteiger partial charge in [-0.2, -0.15) is 4.98 Å². The minimum absolute atomic E-state index is 0.0273. The number of nitrogens with zero attached hydrogens (tertiary/aromatic N) is 3. The lowest BCUT2D eigenvalue weighted by atomic mass is 10.1. The van der Waals surface area contributed by atoms with Crippen molar-refractivity contribution >= 4 is 11.8 Å². The maximum Gasteiger partial charge on any atom is 0.242 e. The van der Waals surface area contributed by atoms with Gasteiger partial charge in [0, 0.05) is 30.8 Å². The van der Waals surface area contributed by atoms with E-state index in [1.807, 2.05) is 0 Å². The Labute approximate surface area is 153 Å². The quantitative estimate of drug-likeness (QED) is 0.639. The number of aromatic nitrogens is 3. The molecule has 0 aliphatic carbocycles. The van der Waals surface area contributed by atoms with Crippen LogP contribution in [0.5, 0.6) is 0 Å². The number of rotatable bonds is 6. The molecule has 0 aliphatic rings. The largest absolute Gasteiger partial charge is 0.339 e. The molecule has 0 fully saturated rings. The maximum absolute atomic E-state index is 12.8. The molecule has 2 amide bonds. The molecule has 27 heavy (non-hydrogen) atoms. The van der Waals surface area contributed by atoms with E-state index in [0.29, 0.717) is 17.3 Å². The van der Waals surface area contributed by atoms with Gasteiger partial charge in [-0.1, -0.05) is 17.3 Å². The number of amides is 2. The van der Waals surface area contributed by atoms with Gasteiger partial charge >= 0.3 is 0 Å². The molecule has 0 atom stereocenters. The number of pyridine rings is 1. The van der Waals surface area contributed by atoms with Gasteiger partial charge in [-0.25, -0.2) is 4.39 Å². The van der Waals surface area contributed by atoms with Gasteiger partial charge in [0.05, 0.1) is 6.42 Å². The van der Waals surface area contributed by atoms with Crippen molar-refractivity contribution in [2.45, 2.75) is 19.3 Å². The van der Waals surface area contributed by atoms with E-state index in [9.17, 15) is 14.0 Å². The van der Waals surface area contributed by atoms with Crippen LogP contribution in [0.1, 0.15) is 17.9 Å². The first kappa shape index (κ1) is 18.2. The molecule has 1 aromatic carbocycles. The van der Waals surface area contributed by atoms with Gasteiger partial charge < -0.3 is 4.52 Å². The molecule has 0 saturated carbocycles. The molecule has 3 rings (SSSR count). The standard InChI is InChI=1S/C18H16FN5O3/c19-14-3-1-12(2-4-14)11-16(26)23-22-15(25)5-6-17-21-18(24-27-17)13-7-9-20-10-8-13/h1-4,7-10H,5-6,11H2,(H,22,25)(H,23,26). The Morgan fingerprint density at radius 1 is 1.00 bits per heavy atom. The summed E-state index contributed by atoms with van der Waals surface area (Å²) >= 11 is 0. The molecule has 8 nitrogen and oxygen atoms in total. The van der Waals surface area contributed by atoms with Gasteiger partial charge in [-0.3, -0.25) is 25.4 Å². The van der Waals surface area contributed by atoms with Gasteiger partial charge in [0.15, 0.2) is 0 Å². The van der Waals surface area contributed by atoms with E-state index in [-0.39, 0.29) is 25.1 Å². The highest BCUT2D eigenvalue weighted by Crippen LogP contribution is 2.14. The number of halogens is 1. The SMILES string of the molecule is O=C(CCc1nc(-c2ccncc2)no1)NNC(=O)Cc1ccc(F)cc1. The Hall–Kier alpha value is -3.62. The Bertz CT molecular complexity index is 912. The van der Waals surface area contributed by atoms with Gasteiger partial charge in [0.1, 0.15) is 5.82 Å². The zero-order valence-electron chi connectivity index (χ0n) is 14.2. The predicted molar refractivity (Wildman–Crippen MR) is 92.2 cm³/mol. The van der Waals surface area contributed by atoms with Crippen molar-refractivity contribution in [1.82, 2.24) is 26.0 Å². The minimum Gasteiger partial charge on any atom is -0.339 e. The van der Waals surface area contributed by atoms with Crippen molar-refractivity contribution in [3.05, 3.63) is 66.1 Å². The molecular weight excluding hydrogens is 353 g/mol. The van der Waals surface area contributed by atoms with Crippen molar-refractivity contribution in [2.24, 2.45) is 0 Å². The van der Waals surface area contributed by atoms with E-state index >= 15 is 0 Å². The second-order valence-electron chi connectivity index (χ2n) is 5.65. The third-order valence-corrected chi connectivity index (χ3v) is 3.59. The Balaban J connectivity index is 1.41. The second kappa shape index (κ2) is 8.65. The minimum atomic E-state index is -0.410. The first-order valence-corrected chi connectivity index (χ1v) is 8.15. The zero-order chi connectivity index (χ0) is 19.1. The zero-order valence-corrected chi connectivity index (χ0v) is 14.2. The van der Waals surface area contributed by atoms with E-state index < -0.39 is 11.8 Å². The summed E-state index contributed by atoms with van der Waals surface area (Å²) in [7, 11) is 0. The molecule has 0 unspecified atom stereocenters. The molecule has 0 saturated heterocycles. The molecule has 0 radical (unpaired) electrons. The van der Waals surface area contributed by atoms with E-state index in [0.717, 1.165) is 5.56 Å². The van der Waals surface area contributed by atoms with E-state index in [2.05, 4.69) is 26.0 Å². The fourth-order valence-corrected chi connectivity index (χ4v) is 2.23. The number of hydrazine groups is 1. The van der Waals surface area contributed by atoms with Crippen LogP contribution in [0, 0.1) is 5.82 Å². The summed E-state index contributed by atoms with van der Waals surface area (Å²) in [6.07, 6.45) is 3.56. The highest BCUT2D eigenvalue weighted by molar-refractivity contribution is 5.83. The topological polar surface area (TPSA) is 110 Å². The van der Waals surface area contributed by atoms with Crippen molar-refractivity contribution in [1.29, 1.82) is 0 Å². The molecule has 9 heteroatoms. The van der Waals surface area contributed by atoms with Crippen LogP contribution in [0.3, 0.4) is 0 Å². The van der Waals surface area contributed by atoms with Crippen molar-refractivity contribution < 1.29 is 18.5 Å². The van der Waals surface area contributed by atoms with Crippen LogP contribution < -0.4 is 10.9 Å². The highest BCUT2D eigenvalue weighted by atomic mass is 19.1. The first-order chi connectivity index (χ1) is 13.1. The molecule has 3 aromatic rings. The summed E-state index contributed by atoms with van der Waals surface area (Å²) < 4.78 is 17.9. The fraction of sp³-hybridized carbons (Fsp3) is 0.167. The number of benzene rings is 1. The van der Waals surface area contributed by atoms with Crippen LogP contribution in [-0.2, 0) is 22.4 Å². The molecule has 0 bridgehead atoms. The van der Waals surface area contributed by atoms with Crippen molar-refractivity contribution in [2.75, 3.05) is 0 Å². The summed E-state index contributed by atoms with van der Waals surface area (Å²) in [6, 6.07) is 9.05. The first-order valence-electron chi connectivity index (χ1n) is 8.15. The van der Waals surface area contributed by atoms with E-state index in [1.165, 1.54) is 24.3 Å². The smallest absolute Gasteiger partial charge is 0.242 e. The molecule has 2 heterocycles. The molecule has 2 N–H and O–H groups in total. The number of hydrogen-bond acceptors (Lipinski definition) is 6. The van der Waals surface area contributed by atoms with Crippen LogP contribution in [0.25, 0.3) is 11.4 Å². The summed E-state index contributed by atoms with van der Waals surface area (Å²) in [6.45, 7) is 0. The predicted octanol–water partition coefficient (Wildman–Crippen LogP) is 1.59.